The largest absolute Gasteiger partial charge is 0.333 e. The Bertz CT molecular complexity index is 1780. The summed E-state index contributed by atoms with van der Waals surface area (Å²) >= 11 is 0. The molecule has 1 N–H and O–H groups in total. The normalized spacial score (nSPS) is 20.7. The van der Waals surface area contributed by atoms with E-state index in [4.69, 9.17) is 4.98 Å². The zero-order valence-corrected chi connectivity index (χ0v) is 21.8. The highest BCUT2D eigenvalue weighted by molar-refractivity contribution is 5.85. The van der Waals surface area contributed by atoms with Crippen molar-refractivity contribution in [2.45, 2.75) is 44.7 Å². The molecule has 2 aliphatic rings. The van der Waals surface area contributed by atoms with Gasteiger partial charge in [0.05, 0.1) is 24.1 Å². The molecule has 1 saturated heterocycles. The van der Waals surface area contributed by atoms with Crippen molar-refractivity contribution in [2.75, 3.05) is 13.1 Å². The highest BCUT2D eigenvalue weighted by atomic mass is 16.1. The molecular weight excluding hydrogens is 484 g/mol. The molecule has 2 fully saturated rings. The zero-order valence-electron chi connectivity index (χ0n) is 21.8. The Morgan fingerprint density at radius 1 is 1.00 bits per heavy atom. The summed E-state index contributed by atoms with van der Waals surface area (Å²) in [6.07, 6.45) is 7.81. The van der Waals surface area contributed by atoms with E-state index in [2.05, 4.69) is 39.1 Å². The molecule has 4 heterocycles. The molecule has 2 atom stereocenters. The SMILES string of the molecule is N#Cc1c(C2CC23CCCNCC3)n(Cc2ccccc2)c2c(=O)n(Cc3nccc4ccccc34)cnc12. The van der Waals surface area contributed by atoms with Crippen LogP contribution < -0.4 is 10.9 Å². The van der Waals surface area contributed by atoms with Crippen LogP contribution in [0.1, 0.15) is 54.1 Å². The quantitative estimate of drug-likeness (QED) is 0.358. The zero-order chi connectivity index (χ0) is 26.4. The average molecular weight is 515 g/mol. The number of nitriles is 1. The molecule has 0 radical (unpaired) electrons. The van der Waals surface area contributed by atoms with Crippen LogP contribution in [-0.2, 0) is 13.1 Å². The molecule has 1 saturated carbocycles. The van der Waals surface area contributed by atoms with E-state index in [1.54, 1.807) is 17.1 Å². The first-order valence-corrected chi connectivity index (χ1v) is 13.8. The first kappa shape index (κ1) is 23.8. The molecular formula is C32H30N6O. The second kappa shape index (κ2) is 9.48. The summed E-state index contributed by atoms with van der Waals surface area (Å²) in [5.41, 5.74) is 4.57. The van der Waals surface area contributed by atoms with Gasteiger partial charge >= 0.3 is 0 Å². The smallest absolute Gasteiger partial charge is 0.278 e. The van der Waals surface area contributed by atoms with Crippen LogP contribution in [0.15, 0.2) is 78.0 Å². The third-order valence-corrected chi connectivity index (χ3v) is 8.79. The minimum absolute atomic E-state index is 0.134. The van der Waals surface area contributed by atoms with Crippen molar-refractivity contribution in [3.8, 4) is 6.07 Å². The molecule has 39 heavy (non-hydrogen) atoms. The van der Waals surface area contributed by atoms with E-state index in [9.17, 15) is 10.1 Å². The number of aromatic nitrogens is 4. The van der Waals surface area contributed by atoms with Crippen molar-refractivity contribution in [3.05, 3.63) is 106 Å². The molecule has 5 aromatic rings. The number of benzene rings is 2. The number of rotatable bonds is 5. The second-order valence-corrected chi connectivity index (χ2v) is 11.0. The average Bonchev–Trinajstić information content (AvgIpc) is 3.65. The summed E-state index contributed by atoms with van der Waals surface area (Å²) in [4.78, 5) is 23.5. The fourth-order valence-electron chi connectivity index (χ4n) is 6.71. The molecule has 1 spiro atoms. The number of nitrogens with zero attached hydrogens (tertiary/aromatic N) is 5. The molecule has 1 aliphatic carbocycles. The Hall–Kier alpha value is -4.28. The molecule has 3 aromatic heterocycles. The van der Waals surface area contributed by atoms with Crippen LogP contribution in [0.2, 0.25) is 0 Å². The molecule has 194 valence electrons. The number of pyridine rings is 1. The second-order valence-electron chi connectivity index (χ2n) is 11.0. The van der Waals surface area contributed by atoms with Gasteiger partial charge in [-0.3, -0.25) is 14.3 Å². The molecule has 0 amide bonds. The highest BCUT2D eigenvalue weighted by Gasteiger charge is 2.56. The summed E-state index contributed by atoms with van der Waals surface area (Å²) in [6, 6.07) is 22.7. The fraction of sp³-hybridized carbons (Fsp3) is 0.312. The van der Waals surface area contributed by atoms with Crippen LogP contribution in [0.3, 0.4) is 0 Å². The first-order valence-electron chi connectivity index (χ1n) is 13.8. The van der Waals surface area contributed by atoms with Gasteiger partial charge in [0.25, 0.3) is 5.56 Å². The predicted octanol–water partition coefficient (Wildman–Crippen LogP) is 4.96. The van der Waals surface area contributed by atoms with Crippen LogP contribution in [-0.4, -0.2) is 32.2 Å². The van der Waals surface area contributed by atoms with Gasteiger partial charge in [-0.15, -0.1) is 0 Å². The van der Waals surface area contributed by atoms with Crippen LogP contribution in [0.4, 0.5) is 0 Å². The minimum atomic E-state index is -0.134. The lowest BCUT2D eigenvalue weighted by Gasteiger charge is -2.17. The van der Waals surface area contributed by atoms with Gasteiger partial charge < -0.3 is 9.88 Å². The van der Waals surface area contributed by atoms with E-state index in [-0.39, 0.29) is 16.9 Å². The van der Waals surface area contributed by atoms with Gasteiger partial charge in [-0.1, -0.05) is 54.6 Å². The summed E-state index contributed by atoms with van der Waals surface area (Å²) in [5.74, 6) is 0.262. The van der Waals surface area contributed by atoms with E-state index in [1.165, 1.54) is 0 Å². The molecule has 0 bridgehead atoms. The maximum atomic E-state index is 14.2. The topological polar surface area (TPSA) is 88.5 Å². The van der Waals surface area contributed by atoms with E-state index < -0.39 is 0 Å². The highest BCUT2D eigenvalue weighted by Crippen LogP contribution is 2.65. The van der Waals surface area contributed by atoms with Crippen molar-refractivity contribution in [1.82, 2.24) is 24.4 Å². The number of hydrogen-bond donors (Lipinski definition) is 1. The summed E-state index contributed by atoms with van der Waals surface area (Å²) in [5, 5.41) is 16.0. The molecule has 1 aliphatic heterocycles. The fourth-order valence-corrected chi connectivity index (χ4v) is 6.71. The Morgan fingerprint density at radius 2 is 1.85 bits per heavy atom. The standard InChI is InChI=1S/C32H30N6O/c33-18-25-28-30(31(39)37(21-36-28)20-27-24-10-5-4-9-23(24)11-15-35-27)38(19-22-7-2-1-3-8-22)29(25)26-17-32(26)12-6-14-34-16-13-32/h1-5,7-11,15,21,26,34H,6,12-14,16-17,19-20H2. The van der Waals surface area contributed by atoms with Gasteiger partial charge in [-0.25, -0.2) is 4.98 Å². The van der Waals surface area contributed by atoms with Gasteiger partial charge in [0, 0.05) is 29.7 Å². The van der Waals surface area contributed by atoms with Crippen molar-refractivity contribution in [2.24, 2.45) is 5.41 Å². The van der Waals surface area contributed by atoms with Crippen LogP contribution in [0.5, 0.6) is 0 Å². The molecule has 7 heteroatoms. The van der Waals surface area contributed by atoms with Crippen molar-refractivity contribution >= 4 is 21.8 Å². The Labute approximate surface area is 226 Å². The minimum Gasteiger partial charge on any atom is -0.333 e. The van der Waals surface area contributed by atoms with E-state index in [0.29, 0.717) is 29.7 Å². The van der Waals surface area contributed by atoms with Crippen molar-refractivity contribution in [1.29, 1.82) is 5.26 Å². The summed E-state index contributed by atoms with van der Waals surface area (Å²) in [7, 11) is 0. The lowest BCUT2D eigenvalue weighted by Crippen LogP contribution is -2.24. The lowest BCUT2D eigenvalue weighted by molar-refractivity contribution is 0.429. The summed E-state index contributed by atoms with van der Waals surface area (Å²) in [6.45, 7) is 2.89. The first-order chi connectivity index (χ1) is 19.2. The van der Waals surface area contributed by atoms with Crippen LogP contribution in [0, 0.1) is 16.7 Å². The van der Waals surface area contributed by atoms with Gasteiger partial charge in [0.2, 0.25) is 0 Å². The Balaban J connectivity index is 1.40. The summed E-state index contributed by atoms with van der Waals surface area (Å²) < 4.78 is 3.76. The van der Waals surface area contributed by atoms with Gasteiger partial charge in [0.15, 0.2) is 0 Å². The van der Waals surface area contributed by atoms with Crippen molar-refractivity contribution in [3.63, 3.8) is 0 Å². The van der Waals surface area contributed by atoms with Crippen LogP contribution >= 0.6 is 0 Å². The van der Waals surface area contributed by atoms with Crippen molar-refractivity contribution < 1.29 is 0 Å². The number of nitrogens with one attached hydrogen (secondary N) is 1. The molecule has 2 aromatic carbocycles. The van der Waals surface area contributed by atoms with Crippen LogP contribution in [0.25, 0.3) is 21.8 Å². The van der Waals surface area contributed by atoms with E-state index in [1.807, 2.05) is 42.5 Å². The maximum Gasteiger partial charge on any atom is 0.278 e. The molecule has 7 nitrogen and oxygen atoms in total. The number of fused-ring (bicyclic) bond motifs is 2. The molecule has 2 unspecified atom stereocenters. The van der Waals surface area contributed by atoms with Gasteiger partial charge in [-0.2, -0.15) is 5.26 Å². The predicted molar refractivity (Wildman–Crippen MR) is 152 cm³/mol. The van der Waals surface area contributed by atoms with Gasteiger partial charge in [0.1, 0.15) is 17.1 Å². The third kappa shape index (κ3) is 4.03. The third-order valence-electron chi connectivity index (χ3n) is 8.79. The lowest BCUT2D eigenvalue weighted by atomic mass is 9.92. The van der Waals surface area contributed by atoms with E-state index >= 15 is 0 Å². The van der Waals surface area contributed by atoms with Gasteiger partial charge in [-0.05, 0) is 61.2 Å². The Kier molecular flexibility index (Phi) is 5.79. The maximum absolute atomic E-state index is 14.2. The number of hydrogen-bond acceptors (Lipinski definition) is 5. The Morgan fingerprint density at radius 3 is 2.72 bits per heavy atom. The molecule has 7 rings (SSSR count). The monoisotopic (exact) mass is 514 g/mol. The van der Waals surface area contributed by atoms with E-state index in [0.717, 1.165) is 66.5 Å².